The smallest absolute Gasteiger partial charge is 0.355 e. The van der Waals surface area contributed by atoms with Crippen LogP contribution >= 0.6 is 0 Å². The maximum Gasteiger partial charge on any atom is 0.355 e. The van der Waals surface area contributed by atoms with Crippen LogP contribution in [0, 0.1) is 13.8 Å². The molecule has 0 unspecified atom stereocenters. The van der Waals surface area contributed by atoms with Crippen LogP contribution in [-0.2, 0) is 4.74 Å². The van der Waals surface area contributed by atoms with E-state index in [4.69, 9.17) is 4.74 Å². The summed E-state index contributed by atoms with van der Waals surface area (Å²) in [7, 11) is 0. The van der Waals surface area contributed by atoms with Gasteiger partial charge >= 0.3 is 5.97 Å². The third-order valence-corrected chi connectivity index (χ3v) is 3.82. The number of nitrogens with zero attached hydrogens (tertiary/aromatic N) is 2. The highest BCUT2D eigenvalue weighted by atomic mass is 16.5. The van der Waals surface area contributed by atoms with Crippen LogP contribution in [0.3, 0.4) is 0 Å². The molecule has 0 saturated heterocycles. The van der Waals surface area contributed by atoms with Crippen molar-refractivity contribution in [2.45, 2.75) is 20.8 Å². The number of carbonyl (C=O) groups excluding carboxylic acids is 1. The van der Waals surface area contributed by atoms with Gasteiger partial charge < -0.3 is 9.72 Å². The predicted molar refractivity (Wildman–Crippen MR) is 88.8 cm³/mol. The molecule has 0 saturated carbocycles. The minimum Gasteiger partial charge on any atom is -0.461 e. The van der Waals surface area contributed by atoms with Crippen molar-refractivity contribution in [3.05, 3.63) is 59.5 Å². The first kappa shape index (κ1) is 15.1. The van der Waals surface area contributed by atoms with Crippen LogP contribution in [0.1, 0.15) is 28.7 Å². The molecule has 2 aromatic heterocycles. The number of rotatable bonds is 4. The second-order valence-electron chi connectivity index (χ2n) is 5.31. The average Bonchev–Trinajstić information content (AvgIpc) is 3.13. The van der Waals surface area contributed by atoms with Crippen molar-refractivity contribution in [1.82, 2.24) is 14.8 Å². The van der Waals surface area contributed by atoms with Crippen LogP contribution in [0.25, 0.3) is 16.9 Å². The summed E-state index contributed by atoms with van der Waals surface area (Å²) in [6, 6.07) is 11.9. The Balaban J connectivity index is 2.11. The molecule has 1 N–H and O–H groups in total. The number of para-hydroxylation sites is 1. The minimum absolute atomic E-state index is 0.329. The molecule has 0 aliphatic carbocycles. The van der Waals surface area contributed by atoms with E-state index in [0.717, 1.165) is 28.2 Å². The standard InChI is InChI=1S/C18H19N3O2/c1-4-23-18(22)17-12(2)16(13(3)20-17)15-10-11-19-21(15)14-8-6-5-7-9-14/h5-11,20H,4H2,1-3H3. The third-order valence-electron chi connectivity index (χ3n) is 3.82. The number of aryl methyl sites for hydroxylation is 1. The lowest BCUT2D eigenvalue weighted by Gasteiger charge is -2.08. The van der Waals surface area contributed by atoms with Gasteiger partial charge in [0, 0.05) is 11.3 Å². The van der Waals surface area contributed by atoms with Gasteiger partial charge in [0.2, 0.25) is 0 Å². The molecule has 1 aromatic carbocycles. The highest BCUT2D eigenvalue weighted by Crippen LogP contribution is 2.31. The van der Waals surface area contributed by atoms with E-state index in [9.17, 15) is 4.79 Å². The van der Waals surface area contributed by atoms with Gasteiger partial charge in [0.15, 0.2) is 0 Å². The molecule has 0 amide bonds. The molecule has 5 heteroatoms. The fourth-order valence-corrected chi connectivity index (χ4v) is 2.81. The largest absolute Gasteiger partial charge is 0.461 e. The predicted octanol–water partition coefficient (Wildman–Crippen LogP) is 3.66. The van der Waals surface area contributed by atoms with Crippen molar-refractivity contribution < 1.29 is 9.53 Å². The van der Waals surface area contributed by atoms with Crippen LogP contribution in [0.2, 0.25) is 0 Å². The molecule has 3 rings (SSSR count). The van der Waals surface area contributed by atoms with Crippen molar-refractivity contribution >= 4 is 5.97 Å². The summed E-state index contributed by atoms with van der Waals surface area (Å²) in [5.74, 6) is -0.329. The maximum absolute atomic E-state index is 12.1. The summed E-state index contributed by atoms with van der Waals surface area (Å²) in [5.41, 5.74) is 5.19. The first-order valence-electron chi connectivity index (χ1n) is 7.59. The number of hydrogen-bond acceptors (Lipinski definition) is 3. The van der Waals surface area contributed by atoms with Gasteiger partial charge in [-0.25, -0.2) is 9.48 Å². The zero-order valence-corrected chi connectivity index (χ0v) is 13.5. The monoisotopic (exact) mass is 309 g/mol. The maximum atomic E-state index is 12.1. The van der Waals surface area contributed by atoms with Crippen molar-refractivity contribution in [3.63, 3.8) is 0 Å². The summed E-state index contributed by atoms with van der Waals surface area (Å²) in [5, 5.41) is 4.42. The lowest BCUT2D eigenvalue weighted by molar-refractivity contribution is 0.0519. The lowest BCUT2D eigenvalue weighted by atomic mass is 10.1. The Hall–Kier alpha value is -2.82. The number of esters is 1. The Bertz CT molecular complexity index is 831. The van der Waals surface area contributed by atoms with Crippen molar-refractivity contribution in [1.29, 1.82) is 0 Å². The van der Waals surface area contributed by atoms with E-state index in [1.165, 1.54) is 0 Å². The van der Waals surface area contributed by atoms with Crippen LogP contribution in [0.15, 0.2) is 42.6 Å². The average molecular weight is 309 g/mol. The fraction of sp³-hybridized carbons (Fsp3) is 0.222. The van der Waals surface area contributed by atoms with E-state index >= 15 is 0 Å². The Morgan fingerprint density at radius 2 is 1.96 bits per heavy atom. The number of nitrogens with one attached hydrogen (secondary N) is 1. The summed E-state index contributed by atoms with van der Waals surface area (Å²) < 4.78 is 6.99. The Labute approximate surface area is 134 Å². The molecular formula is C18H19N3O2. The normalized spacial score (nSPS) is 10.7. The number of aromatic nitrogens is 3. The van der Waals surface area contributed by atoms with Gasteiger partial charge in [-0.1, -0.05) is 18.2 Å². The van der Waals surface area contributed by atoms with Crippen molar-refractivity contribution in [2.75, 3.05) is 6.61 Å². The highest BCUT2D eigenvalue weighted by molar-refractivity contribution is 5.92. The van der Waals surface area contributed by atoms with Crippen LogP contribution in [0.4, 0.5) is 0 Å². The second-order valence-corrected chi connectivity index (χ2v) is 5.31. The number of ether oxygens (including phenoxy) is 1. The van der Waals surface area contributed by atoms with Gasteiger partial charge in [0.25, 0.3) is 0 Å². The molecule has 2 heterocycles. The highest BCUT2D eigenvalue weighted by Gasteiger charge is 2.21. The van der Waals surface area contributed by atoms with Gasteiger partial charge in [-0.2, -0.15) is 5.10 Å². The SMILES string of the molecule is CCOC(=O)c1[nH]c(C)c(-c2ccnn2-c2ccccc2)c1C. The van der Waals surface area contributed by atoms with E-state index in [-0.39, 0.29) is 5.97 Å². The van der Waals surface area contributed by atoms with E-state index < -0.39 is 0 Å². The number of aromatic amines is 1. The van der Waals surface area contributed by atoms with Crippen LogP contribution in [-0.4, -0.2) is 27.3 Å². The topological polar surface area (TPSA) is 59.9 Å². The number of benzene rings is 1. The molecular weight excluding hydrogens is 290 g/mol. The molecule has 0 fully saturated rings. The lowest BCUT2D eigenvalue weighted by Crippen LogP contribution is -2.06. The van der Waals surface area contributed by atoms with Crippen molar-refractivity contribution in [3.8, 4) is 16.9 Å². The molecule has 0 aliphatic rings. The molecule has 0 bridgehead atoms. The molecule has 118 valence electrons. The summed E-state index contributed by atoms with van der Waals surface area (Å²) in [6.07, 6.45) is 1.76. The first-order valence-corrected chi connectivity index (χ1v) is 7.59. The van der Waals surface area contributed by atoms with E-state index in [1.54, 1.807) is 13.1 Å². The fourth-order valence-electron chi connectivity index (χ4n) is 2.81. The third kappa shape index (κ3) is 2.65. The summed E-state index contributed by atoms with van der Waals surface area (Å²) in [4.78, 5) is 15.2. The number of H-pyrrole nitrogens is 1. The summed E-state index contributed by atoms with van der Waals surface area (Å²) >= 11 is 0. The van der Waals surface area contributed by atoms with Crippen molar-refractivity contribution in [2.24, 2.45) is 0 Å². The Morgan fingerprint density at radius 3 is 2.65 bits per heavy atom. The minimum atomic E-state index is -0.329. The van der Waals surface area contributed by atoms with Gasteiger partial charge in [-0.15, -0.1) is 0 Å². The van der Waals surface area contributed by atoms with Gasteiger partial charge in [-0.05, 0) is 44.5 Å². The van der Waals surface area contributed by atoms with E-state index in [2.05, 4.69) is 10.1 Å². The molecule has 3 aromatic rings. The molecule has 0 aliphatic heterocycles. The van der Waals surface area contributed by atoms with Gasteiger partial charge in [0.1, 0.15) is 5.69 Å². The van der Waals surface area contributed by atoms with E-state index in [1.807, 2.05) is 54.9 Å². The van der Waals surface area contributed by atoms with Gasteiger partial charge in [-0.3, -0.25) is 0 Å². The summed E-state index contributed by atoms with van der Waals surface area (Å²) in [6.45, 7) is 6.03. The number of hydrogen-bond donors (Lipinski definition) is 1. The molecule has 0 radical (unpaired) electrons. The Morgan fingerprint density at radius 1 is 1.22 bits per heavy atom. The molecule has 5 nitrogen and oxygen atoms in total. The molecule has 0 atom stereocenters. The van der Waals surface area contributed by atoms with Crippen LogP contribution < -0.4 is 0 Å². The zero-order valence-electron chi connectivity index (χ0n) is 13.5. The quantitative estimate of drug-likeness (QED) is 0.748. The van der Waals surface area contributed by atoms with E-state index in [0.29, 0.717) is 12.3 Å². The molecule has 0 spiro atoms. The second kappa shape index (κ2) is 6.12. The van der Waals surface area contributed by atoms with Gasteiger partial charge in [0.05, 0.1) is 24.2 Å². The zero-order chi connectivity index (χ0) is 16.4. The number of carbonyl (C=O) groups is 1. The first-order chi connectivity index (χ1) is 11.1. The van der Waals surface area contributed by atoms with Crippen LogP contribution in [0.5, 0.6) is 0 Å². The molecule has 23 heavy (non-hydrogen) atoms. The Kier molecular flexibility index (Phi) is 4.02.